The summed E-state index contributed by atoms with van der Waals surface area (Å²) in [7, 11) is 1.35. The lowest BCUT2D eigenvalue weighted by atomic mass is 9.97. The molecule has 1 atom stereocenters. The highest BCUT2D eigenvalue weighted by Gasteiger charge is 2.32. The van der Waals surface area contributed by atoms with Crippen LogP contribution in [0.1, 0.15) is 66.5 Å². The molecule has 0 N–H and O–H groups in total. The minimum Gasteiger partial charge on any atom is -0.482 e. The van der Waals surface area contributed by atoms with Gasteiger partial charge in [-0.25, -0.2) is 9.18 Å². The fourth-order valence-corrected chi connectivity index (χ4v) is 6.13. The van der Waals surface area contributed by atoms with Gasteiger partial charge < -0.3 is 14.2 Å². The fraction of sp³-hybridized carbons (Fsp3) is 0.344. The summed E-state index contributed by atoms with van der Waals surface area (Å²) < 4.78 is 32.3. The number of esters is 2. The number of thiophene rings is 1. The van der Waals surface area contributed by atoms with Gasteiger partial charge in [0.25, 0.3) is 0 Å². The fourth-order valence-electron chi connectivity index (χ4n) is 4.91. The van der Waals surface area contributed by atoms with Crippen molar-refractivity contribution in [3.8, 4) is 21.9 Å². The second-order valence-electron chi connectivity index (χ2n) is 11.3. The number of aromatic nitrogens is 3. The van der Waals surface area contributed by atoms with Gasteiger partial charge in [0.2, 0.25) is 0 Å². The van der Waals surface area contributed by atoms with E-state index >= 15 is 0 Å². The second-order valence-corrected chi connectivity index (χ2v) is 12.5. The van der Waals surface area contributed by atoms with Gasteiger partial charge in [-0.2, -0.15) is 0 Å². The third-order valence-electron chi connectivity index (χ3n) is 6.97. The highest BCUT2D eigenvalue weighted by molar-refractivity contribution is 7.15. The average molecular weight is 605 g/mol. The largest absolute Gasteiger partial charge is 0.482 e. The van der Waals surface area contributed by atoms with E-state index in [1.54, 1.807) is 38.2 Å². The van der Waals surface area contributed by atoms with Crippen molar-refractivity contribution in [2.45, 2.75) is 59.6 Å². The summed E-state index contributed by atoms with van der Waals surface area (Å²) in [5.74, 6) is 0.0712. The molecule has 224 valence electrons. The SMILES string of the molecule is COC(=O)C[C@@H]1N=C(c2ccc(-c3cc(F)cc(OCC(=O)OC(C)(C)C)c3)cc2)c2c(sc(C)c2C)-n2c(C)nnc21. The molecule has 5 rings (SSSR count). The van der Waals surface area contributed by atoms with Crippen molar-refractivity contribution in [1.82, 2.24) is 14.8 Å². The molecule has 0 spiro atoms. The zero-order chi connectivity index (χ0) is 31.1. The zero-order valence-electron chi connectivity index (χ0n) is 25.1. The monoisotopic (exact) mass is 604 g/mol. The second kappa shape index (κ2) is 11.7. The van der Waals surface area contributed by atoms with E-state index in [0.29, 0.717) is 17.2 Å². The number of nitrogens with zero attached hydrogens (tertiary/aromatic N) is 4. The van der Waals surface area contributed by atoms with Gasteiger partial charge >= 0.3 is 11.9 Å². The highest BCUT2D eigenvalue weighted by atomic mass is 32.1. The molecule has 0 fully saturated rings. The number of hydrogen-bond donors (Lipinski definition) is 0. The van der Waals surface area contributed by atoms with Crippen molar-refractivity contribution in [1.29, 1.82) is 0 Å². The quantitative estimate of drug-likeness (QED) is 0.230. The Morgan fingerprint density at radius 3 is 2.35 bits per heavy atom. The first-order valence-electron chi connectivity index (χ1n) is 13.8. The first-order valence-corrected chi connectivity index (χ1v) is 14.6. The Bertz CT molecular complexity index is 1730. The number of fused-ring (bicyclic) bond motifs is 3. The Morgan fingerprint density at radius 1 is 0.977 bits per heavy atom. The molecule has 2 aromatic heterocycles. The van der Waals surface area contributed by atoms with E-state index in [4.69, 9.17) is 19.2 Å². The van der Waals surface area contributed by atoms with Gasteiger partial charge in [-0.15, -0.1) is 21.5 Å². The van der Waals surface area contributed by atoms with E-state index in [1.807, 2.05) is 35.8 Å². The molecule has 11 heteroatoms. The van der Waals surface area contributed by atoms with Crippen molar-refractivity contribution < 1.29 is 28.2 Å². The van der Waals surface area contributed by atoms with Crippen LogP contribution in [0.15, 0.2) is 47.5 Å². The van der Waals surface area contributed by atoms with Crippen LogP contribution in [0.25, 0.3) is 16.1 Å². The summed E-state index contributed by atoms with van der Waals surface area (Å²) >= 11 is 1.63. The smallest absolute Gasteiger partial charge is 0.344 e. The molecule has 0 unspecified atom stereocenters. The predicted octanol–water partition coefficient (Wildman–Crippen LogP) is 6.24. The molecule has 2 aromatic carbocycles. The summed E-state index contributed by atoms with van der Waals surface area (Å²) in [4.78, 5) is 30.7. The molecule has 0 aliphatic carbocycles. The van der Waals surface area contributed by atoms with Gasteiger partial charge in [0.05, 0.1) is 19.2 Å². The molecule has 1 aliphatic rings. The number of methoxy groups -OCH3 is 1. The standard InChI is InChI=1S/C32H33FN4O5S/c1-17-18(2)43-31-28(17)29(34-25(15-26(38)40-7)30-36-35-19(3)37(30)31)21-10-8-20(9-11-21)22-12-23(33)14-24(13-22)41-16-27(39)42-32(4,5)6/h8-14,25H,15-16H2,1-7H3/t25-/m0/s1. The number of halogens is 1. The lowest BCUT2D eigenvalue weighted by molar-refractivity contribution is -0.157. The molecule has 0 radical (unpaired) electrons. The molecule has 0 amide bonds. The number of aliphatic imine (C=N–C) groups is 1. The number of aryl methyl sites for hydroxylation is 2. The average Bonchev–Trinajstić information content (AvgIpc) is 3.42. The molecule has 43 heavy (non-hydrogen) atoms. The summed E-state index contributed by atoms with van der Waals surface area (Å²) in [5, 5.41) is 9.63. The molecule has 9 nitrogen and oxygen atoms in total. The number of ether oxygens (including phenoxy) is 3. The molecule has 0 saturated heterocycles. The Hall–Kier alpha value is -4.38. The first-order chi connectivity index (χ1) is 20.3. The van der Waals surface area contributed by atoms with Crippen LogP contribution in [0.2, 0.25) is 0 Å². The van der Waals surface area contributed by atoms with Gasteiger partial charge in [-0.1, -0.05) is 24.3 Å². The van der Waals surface area contributed by atoms with E-state index < -0.39 is 29.4 Å². The van der Waals surface area contributed by atoms with Crippen molar-refractivity contribution in [3.63, 3.8) is 0 Å². The van der Waals surface area contributed by atoms with E-state index in [9.17, 15) is 14.0 Å². The number of carbonyl (C=O) groups is 2. The maximum atomic E-state index is 14.6. The van der Waals surface area contributed by atoms with Crippen LogP contribution in [-0.4, -0.2) is 51.7 Å². The summed E-state index contributed by atoms with van der Waals surface area (Å²) in [6, 6.07) is 11.3. The van der Waals surface area contributed by atoms with Crippen LogP contribution in [-0.2, 0) is 19.1 Å². The lowest BCUT2D eigenvalue weighted by Gasteiger charge is -2.19. The van der Waals surface area contributed by atoms with Crippen LogP contribution in [0.3, 0.4) is 0 Å². The number of rotatable bonds is 7. The molecular formula is C32H33FN4O5S. The molecule has 3 heterocycles. The maximum Gasteiger partial charge on any atom is 0.344 e. The van der Waals surface area contributed by atoms with Crippen LogP contribution in [0.4, 0.5) is 4.39 Å². The molecule has 4 aromatic rings. The van der Waals surface area contributed by atoms with Crippen molar-refractivity contribution in [2.75, 3.05) is 13.7 Å². The molecule has 0 saturated carbocycles. The topological polar surface area (TPSA) is 105 Å². The van der Waals surface area contributed by atoms with Gasteiger partial charge in [0, 0.05) is 22.1 Å². The number of benzene rings is 2. The Kier molecular flexibility index (Phi) is 8.20. The van der Waals surface area contributed by atoms with E-state index in [2.05, 4.69) is 24.0 Å². The van der Waals surface area contributed by atoms with Gasteiger partial charge in [0.1, 0.15) is 34.0 Å². The van der Waals surface area contributed by atoms with Gasteiger partial charge in [-0.05, 0) is 70.4 Å². The lowest BCUT2D eigenvalue weighted by Crippen LogP contribution is -2.27. The third-order valence-corrected chi connectivity index (χ3v) is 8.16. The van der Waals surface area contributed by atoms with Crippen molar-refractivity contribution in [3.05, 3.63) is 81.5 Å². The van der Waals surface area contributed by atoms with Crippen LogP contribution in [0, 0.1) is 26.6 Å². The van der Waals surface area contributed by atoms with E-state index in [1.165, 1.54) is 19.2 Å². The van der Waals surface area contributed by atoms with Crippen molar-refractivity contribution in [2.24, 2.45) is 4.99 Å². The normalized spacial score (nSPS) is 14.3. The Balaban J connectivity index is 1.50. The van der Waals surface area contributed by atoms with Gasteiger partial charge in [0.15, 0.2) is 12.4 Å². The highest BCUT2D eigenvalue weighted by Crippen LogP contribution is 2.40. The van der Waals surface area contributed by atoms with Crippen molar-refractivity contribution >= 4 is 29.0 Å². The van der Waals surface area contributed by atoms with Crippen LogP contribution in [0.5, 0.6) is 5.75 Å². The summed E-state index contributed by atoms with van der Waals surface area (Å²) in [5.41, 5.74) is 4.28. The Morgan fingerprint density at radius 2 is 1.67 bits per heavy atom. The van der Waals surface area contributed by atoms with E-state index in [0.717, 1.165) is 37.8 Å². The predicted molar refractivity (Wildman–Crippen MR) is 162 cm³/mol. The van der Waals surface area contributed by atoms with Crippen LogP contribution < -0.4 is 4.74 Å². The van der Waals surface area contributed by atoms with Crippen LogP contribution >= 0.6 is 11.3 Å². The molecule has 1 aliphatic heterocycles. The number of hydrogen-bond acceptors (Lipinski definition) is 9. The molecular weight excluding hydrogens is 571 g/mol. The third kappa shape index (κ3) is 6.36. The summed E-state index contributed by atoms with van der Waals surface area (Å²) in [6.45, 7) is 11.0. The zero-order valence-corrected chi connectivity index (χ0v) is 26.0. The first kappa shape index (κ1) is 30.1. The minimum absolute atomic E-state index is 0.0125. The minimum atomic E-state index is -0.646. The Labute approximate surface area is 253 Å². The molecule has 0 bridgehead atoms. The van der Waals surface area contributed by atoms with Gasteiger partial charge in [-0.3, -0.25) is 14.4 Å². The summed E-state index contributed by atoms with van der Waals surface area (Å²) in [6.07, 6.45) is 0.0125. The van der Waals surface area contributed by atoms with E-state index in [-0.39, 0.29) is 18.8 Å². The maximum absolute atomic E-state index is 14.6. The number of carbonyl (C=O) groups excluding carboxylic acids is 2.